The van der Waals surface area contributed by atoms with Crippen LogP contribution in [0.15, 0.2) is 53.3 Å². The quantitative estimate of drug-likeness (QED) is 0.603. The number of aromatic nitrogens is 3. The average molecular weight is 368 g/mol. The van der Waals surface area contributed by atoms with Crippen molar-refractivity contribution in [2.75, 3.05) is 0 Å². The van der Waals surface area contributed by atoms with E-state index in [9.17, 15) is 14.7 Å². The minimum atomic E-state index is -1.01. The first-order chi connectivity index (χ1) is 12.5. The number of benzene rings is 2. The molecule has 130 valence electrons. The van der Waals surface area contributed by atoms with E-state index in [0.29, 0.717) is 27.3 Å². The van der Waals surface area contributed by atoms with Crippen molar-refractivity contribution in [2.24, 2.45) is 7.05 Å². The Morgan fingerprint density at radius 2 is 1.92 bits per heavy atom. The molecule has 7 heteroatoms. The second-order valence-electron chi connectivity index (χ2n) is 6.01. The van der Waals surface area contributed by atoms with Crippen LogP contribution in [-0.4, -0.2) is 25.4 Å². The first-order valence-electron chi connectivity index (χ1n) is 7.94. The first kappa shape index (κ1) is 16.4. The number of nitrogens with zero attached hydrogens (tertiary/aromatic N) is 3. The van der Waals surface area contributed by atoms with Gasteiger partial charge in [-0.3, -0.25) is 9.59 Å². The van der Waals surface area contributed by atoms with Gasteiger partial charge in [-0.25, -0.2) is 0 Å². The second-order valence-corrected chi connectivity index (χ2v) is 6.45. The van der Waals surface area contributed by atoms with E-state index in [2.05, 4.69) is 5.10 Å². The molecule has 0 bridgehead atoms. The highest BCUT2D eigenvalue weighted by Crippen LogP contribution is 2.30. The Balaban J connectivity index is 2.19. The summed E-state index contributed by atoms with van der Waals surface area (Å²) in [5.41, 5.74) is 1.76. The van der Waals surface area contributed by atoms with Gasteiger partial charge < -0.3 is 9.67 Å². The van der Waals surface area contributed by atoms with Gasteiger partial charge in [-0.1, -0.05) is 35.9 Å². The van der Waals surface area contributed by atoms with E-state index in [0.717, 1.165) is 10.9 Å². The van der Waals surface area contributed by atoms with Crippen molar-refractivity contribution in [1.82, 2.24) is 14.3 Å². The molecule has 1 N–H and O–H groups in total. The molecular formula is C19H14ClN3O3. The van der Waals surface area contributed by atoms with Crippen LogP contribution in [0.25, 0.3) is 27.5 Å². The van der Waals surface area contributed by atoms with Crippen molar-refractivity contribution in [1.29, 1.82) is 0 Å². The molecule has 0 saturated carbocycles. The Morgan fingerprint density at radius 1 is 1.19 bits per heavy atom. The maximum Gasteiger partial charge on any atom is 0.309 e. The van der Waals surface area contributed by atoms with Crippen molar-refractivity contribution in [3.05, 3.63) is 69.6 Å². The number of fused-ring (bicyclic) bond motifs is 3. The SMILES string of the molecule is Cn1c2cc(Cl)ccc2c2c(CC(=O)O)nn(-c3ccccc3)c(=O)c21. The van der Waals surface area contributed by atoms with Gasteiger partial charge in [-0.2, -0.15) is 9.78 Å². The Morgan fingerprint density at radius 3 is 2.62 bits per heavy atom. The summed E-state index contributed by atoms with van der Waals surface area (Å²) in [6, 6.07) is 14.2. The third-order valence-corrected chi connectivity index (χ3v) is 4.62. The fraction of sp³-hybridized carbons (Fsp3) is 0.105. The third-order valence-electron chi connectivity index (χ3n) is 4.39. The lowest BCUT2D eigenvalue weighted by Gasteiger charge is -2.09. The van der Waals surface area contributed by atoms with Gasteiger partial charge in [0.25, 0.3) is 5.56 Å². The van der Waals surface area contributed by atoms with E-state index in [1.807, 2.05) is 6.07 Å². The molecule has 26 heavy (non-hydrogen) atoms. The third kappa shape index (κ3) is 2.46. The van der Waals surface area contributed by atoms with Gasteiger partial charge in [0.05, 0.1) is 23.3 Å². The first-order valence-corrected chi connectivity index (χ1v) is 8.32. The van der Waals surface area contributed by atoms with E-state index in [1.165, 1.54) is 4.68 Å². The van der Waals surface area contributed by atoms with Crippen molar-refractivity contribution in [3.8, 4) is 5.69 Å². The molecule has 0 aliphatic heterocycles. The number of carboxylic acids is 1. The van der Waals surface area contributed by atoms with E-state index in [4.69, 9.17) is 11.6 Å². The summed E-state index contributed by atoms with van der Waals surface area (Å²) in [6.07, 6.45) is -0.286. The highest BCUT2D eigenvalue weighted by Gasteiger charge is 2.21. The summed E-state index contributed by atoms with van der Waals surface area (Å²) < 4.78 is 2.99. The predicted molar refractivity (Wildman–Crippen MR) is 100 cm³/mol. The number of carbonyl (C=O) groups is 1. The molecule has 0 aliphatic rings. The largest absolute Gasteiger partial charge is 0.481 e. The van der Waals surface area contributed by atoms with Crippen molar-refractivity contribution in [3.63, 3.8) is 0 Å². The lowest BCUT2D eigenvalue weighted by molar-refractivity contribution is -0.136. The van der Waals surface area contributed by atoms with E-state index >= 15 is 0 Å². The summed E-state index contributed by atoms with van der Waals surface area (Å²) in [5, 5.41) is 15.6. The van der Waals surface area contributed by atoms with Crippen LogP contribution in [0.1, 0.15) is 5.69 Å². The molecular weight excluding hydrogens is 354 g/mol. The fourth-order valence-corrected chi connectivity index (χ4v) is 3.45. The number of aryl methyl sites for hydroxylation is 1. The molecule has 0 amide bonds. The number of halogens is 1. The molecule has 0 saturated heterocycles. The molecule has 0 unspecified atom stereocenters. The topological polar surface area (TPSA) is 77.1 Å². The zero-order chi connectivity index (χ0) is 18.4. The van der Waals surface area contributed by atoms with Crippen LogP contribution < -0.4 is 5.56 Å². The average Bonchev–Trinajstić information content (AvgIpc) is 2.91. The monoisotopic (exact) mass is 367 g/mol. The van der Waals surface area contributed by atoms with Gasteiger partial charge in [0, 0.05) is 22.8 Å². The Labute approximate surface area is 152 Å². The number of hydrogen-bond acceptors (Lipinski definition) is 3. The Kier molecular flexibility index (Phi) is 3.77. The molecule has 2 heterocycles. The second kappa shape index (κ2) is 6.00. The molecule has 0 aliphatic carbocycles. The summed E-state index contributed by atoms with van der Waals surface area (Å²) in [7, 11) is 1.77. The number of aliphatic carboxylic acids is 1. The van der Waals surface area contributed by atoms with Crippen LogP contribution in [0.2, 0.25) is 5.02 Å². The minimum absolute atomic E-state index is 0.286. The standard InChI is InChI=1S/C19H14ClN3O3/c1-22-15-9-11(20)7-8-13(15)17-14(10-16(24)25)21-23(19(26)18(17)22)12-5-3-2-4-6-12/h2-9H,10H2,1H3,(H,24,25). The number of para-hydroxylation sites is 1. The normalized spacial score (nSPS) is 11.3. The molecule has 0 spiro atoms. The lowest BCUT2D eigenvalue weighted by Crippen LogP contribution is -2.25. The number of hydrogen-bond donors (Lipinski definition) is 1. The summed E-state index contributed by atoms with van der Waals surface area (Å²) in [5.74, 6) is -1.01. The maximum atomic E-state index is 13.1. The zero-order valence-electron chi connectivity index (χ0n) is 13.8. The van der Waals surface area contributed by atoms with Crippen molar-refractivity contribution in [2.45, 2.75) is 6.42 Å². The molecule has 2 aromatic heterocycles. The molecule has 0 radical (unpaired) electrons. The van der Waals surface area contributed by atoms with Crippen LogP contribution in [-0.2, 0) is 18.3 Å². The molecule has 6 nitrogen and oxygen atoms in total. The molecule has 4 aromatic rings. The van der Waals surface area contributed by atoms with E-state index < -0.39 is 5.97 Å². The van der Waals surface area contributed by atoms with Gasteiger partial charge in [-0.05, 0) is 24.3 Å². The van der Waals surface area contributed by atoms with Gasteiger partial charge in [0.15, 0.2) is 0 Å². The maximum absolute atomic E-state index is 13.1. The van der Waals surface area contributed by atoms with E-state index in [1.54, 1.807) is 54.1 Å². The predicted octanol–water partition coefficient (Wildman–Crippen LogP) is 3.16. The summed E-state index contributed by atoms with van der Waals surface area (Å²) in [6.45, 7) is 0. The van der Waals surface area contributed by atoms with Crippen LogP contribution in [0.5, 0.6) is 0 Å². The molecule has 4 rings (SSSR count). The van der Waals surface area contributed by atoms with E-state index in [-0.39, 0.29) is 12.0 Å². The fourth-order valence-electron chi connectivity index (χ4n) is 3.28. The Bertz CT molecular complexity index is 1230. The van der Waals surface area contributed by atoms with Crippen LogP contribution in [0, 0.1) is 0 Å². The number of carboxylic acid groups (broad SMARTS) is 1. The molecule has 0 atom stereocenters. The molecule has 2 aromatic carbocycles. The Hall–Kier alpha value is -3.12. The van der Waals surface area contributed by atoms with Crippen LogP contribution in [0.4, 0.5) is 0 Å². The summed E-state index contributed by atoms with van der Waals surface area (Å²) in [4.78, 5) is 24.5. The lowest BCUT2D eigenvalue weighted by atomic mass is 10.1. The van der Waals surface area contributed by atoms with Crippen molar-refractivity contribution < 1.29 is 9.90 Å². The minimum Gasteiger partial charge on any atom is -0.481 e. The number of rotatable bonds is 3. The smallest absolute Gasteiger partial charge is 0.309 e. The highest BCUT2D eigenvalue weighted by molar-refractivity contribution is 6.31. The van der Waals surface area contributed by atoms with Crippen LogP contribution in [0.3, 0.4) is 0 Å². The van der Waals surface area contributed by atoms with Gasteiger partial charge in [0.2, 0.25) is 0 Å². The van der Waals surface area contributed by atoms with Crippen molar-refractivity contribution >= 4 is 39.4 Å². The van der Waals surface area contributed by atoms with Gasteiger partial charge in [-0.15, -0.1) is 0 Å². The van der Waals surface area contributed by atoms with Gasteiger partial charge >= 0.3 is 5.97 Å². The highest BCUT2D eigenvalue weighted by atomic mass is 35.5. The summed E-state index contributed by atoms with van der Waals surface area (Å²) >= 11 is 6.10. The zero-order valence-corrected chi connectivity index (χ0v) is 14.6. The van der Waals surface area contributed by atoms with Gasteiger partial charge in [0.1, 0.15) is 5.52 Å². The van der Waals surface area contributed by atoms with Crippen LogP contribution >= 0.6 is 11.6 Å². The molecule has 0 fully saturated rings.